The van der Waals surface area contributed by atoms with Crippen molar-refractivity contribution >= 4 is 11.8 Å². The summed E-state index contributed by atoms with van der Waals surface area (Å²) in [6.07, 6.45) is 2.40. The molecular weight excluding hydrogens is 383 g/mol. The summed E-state index contributed by atoms with van der Waals surface area (Å²) in [5, 5.41) is 2.80. The average Bonchev–Trinajstić information content (AvgIpc) is 3.29. The van der Waals surface area contributed by atoms with Gasteiger partial charge >= 0.3 is 0 Å². The number of hydrogen-bond acceptors (Lipinski definition) is 3. The highest BCUT2D eigenvalue weighted by molar-refractivity contribution is 5.87. The Labute approximate surface area is 175 Å². The lowest BCUT2D eigenvalue weighted by Crippen LogP contribution is -2.47. The van der Waals surface area contributed by atoms with E-state index in [4.69, 9.17) is 4.42 Å². The Bertz CT molecular complexity index is 940. The van der Waals surface area contributed by atoms with Gasteiger partial charge in [0.1, 0.15) is 17.6 Å². The molecule has 0 aliphatic heterocycles. The zero-order valence-corrected chi connectivity index (χ0v) is 16.9. The number of hydrogen-bond donors (Lipinski definition) is 1. The number of halogens is 1. The van der Waals surface area contributed by atoms with Gasteiger partial charge in [-0.2, -0.15) is 0 Å². The first kappa shape index (κ1) is 21.3. The van der Waals surface area contributed by atoms with Crippen molar-refractivity contribution in [2.75, 3.05) is 0 Å². The van der Waals surface area contributed by atoms with Crippen LogP contribution in [-0.4, -0.2) is 22.8 Å². The van der Waals surface area contributed by atoms with Gasteiger partial charge in [-0.15, -0.1) is 0 Å². The topological polar surface area (TPSA) is 62.6 Å². The van der Waals surface area contributed by atoms with Gasteiger partial charge in [-0.1, -0.05) is 42.5 Å². The van der Waals surface area contributed by atoms with E-state index in [0.29, 0.717) is 12.2 Å². The maximum absolute atomic E-state index is 13.3. The summed E-state index contributed by atoms with van der Waals surface area (Å²) < 4.78 is 18.5. The molecule has 1 atom stereocenters. The summed E-state index contributed by atoms with van der Waals surface area (Å²) in [6.45, 7) is 2.17. The second-order valence-electron chi connectivity index (χ2n) is 7.11. The molecule has 0 saturated carbocycles. The first-order valence-corrected chi connectivity index (χ1v) is 9.91. The van der Waals surface area contributed by atoms with Crippen molar-refractivity contribution in [1.82, 2.24) is 10.2 Å². The molecule has 2 aromatic carbocycles. The number of nitrogens with one attached hydrogen (secondary N) is 1. The number of benzene rings is 2. The summed E-state index contributed by atoms with van der Waals surface area (Å²) in [5.41, 5.74) is 1.82. The highest BCUT2D eigenvalue weighted by Crippen LogP contribution is 2.14. The molecule has 0 aliphatic carbocycles. The number of aryl methyl sites for hydroxylation is 1. The van der Waals surface area contributed by atoms with Crippen molar-refractivity contribution in [3.63, 3.8) is 0 Å². The number of carbonyl (C=O) groups excluding carboxylic acids is 2. The van der Waals surface area contributed by atoms with Gasteiger partial charge in [0.2, 0.25) is 11.8 Å². The van der Waals surface area contributed by atoms with Crippen LogP contribution in [0.15, 0.2) is 77.4 Å². The molecule has 1 aromatic heterocycles. The van der Waals surface area contributed by atoms with E-state index in [-0.39, 0.29) is 37.1 Å². The lowest BCUT2D eigenvalue weighted by molar-refractivity contribution is -0.140. The van der Waals surface area contributed by atoms with E-state index in [2.05, 4.69) is 5.32 Å². The molecule has 0 spiro atoms. The molecule has 2 amide bonds. The van der Waals surface area contributed by atoms with E-state index in [0.717, 1.165) is 11.1 Å². The molecule has 0 unspecified atom stereocenters. The maximum Gasteiger partial charge on any atom is 0.242 e. The van der Waals surface area contributed by atoms with Crippen molar-refractivity contribution in [1.29, 1.82) is 0 Å². The predicted octanol–water partition coefficient (Wildman–Crippen LogP) is 4.09. The molecule has 0 aliphatic rings. The van der Waals surface area contributed by atoms with Gasteiger partial charge < -0.3 is 14.6 Å². The van der Waals surface area contributed by atoms with Crippen LogP contribution in [-0.2, 0) is 29.1 Å². The van der Waals surface area contributed by atoms with Gasteiger partial charge in [0.05, 0.1) is 12.8 Å². The van der Waals surface area contributed by atoms with Crippen LogP contribution in [0.25, 0.3) is 0 Å². The third-order valence-corrected chi connectivity index (χ3v) is 4.92. The molecule has 156 valence electrons. The Morgan fingerprint density at radius 3 is 2.40 bits per heavy atom. The van der Waals surface area contributed by atoms with E-state index in [1.54, 1.807) is 37.5 Å². The quantitative estimate of drug-likeness (QED) is 0.580. The van der Waals surface area contributed by atoms with Crippen LogP contribution in [0.4, 0.5) is 4.39 Å². The first-order valence-electron chi connectivity index (χ1n) is 9.91. The van der Waals surface area contributed by atoms with E-state index in [1.165, 1.54) is 17.0 Å². The van der Waals surface area contributed by atoms with E-state index in [9.17, 15) is 14.0 Å². The Morgan fingerprint density at radius 1 is 1.00 bits per heavy atom. The Morgan fingerprint density at radius 2 is 1.73 bits per heavy atom. The number of amides is 2. The first-order chi connectivity index (χ1) is 14.5. The molecular formula is C24H25FN2O3. The lowest BCUT2D eigenvalue weighted by Gasteiger charge is -2.29. The van der Waals surface area contributed by atoms with E-state index in [1.807, 2.05) is 30.3 Å². The highest BCUT2D eigenvalue weighted by atomic mass is 19.1. The number of furan rings is 1. The Balaban J connectivity index is 1.68. The highest BCUT2D eigenvalue weighted by Gasteiger charge is 2.26. The Hall–Kier alpha value is -3.41. The van der Waals surface area contributed by atoms with Crippen molar-refractivity contribution in [2.24, 2.45) is 0 Å². The largest absolute Gasteiger partial charge is 0.467 e. The van der Waals surface area contributed by atoms with Gasteiger partial charge in [0, 0.05) is 13.0 Å². The molecule has 30 heavy (non-hydrogen) atoms. The van der Waals surface area contributed by atoms with Gasteiger partial charge in [-0.3, -0.25) is 9.59 Å². The number of rotatable bonds is 9. The van der Waals surface area contributed by atoms with Gasteiger partial charge in [-0.05, 0) is 48.7 Å². The second kappa shape index (κ2) is 10.4. The van der Waals surface area contributed by atoms with Gasteiger partial charge in [-0.25, -0.2) is 4.39 Å². The zero-order chi connectivity index (χ0) is 21.3. The second-order valence-corrected chi connectivity index (χ2v) is 7.11. The smallest absolute Gasteiger partial charge is 0.242 e. The normalized spacial score (nSPS) is 11.7. The summed E-state index contributed by atoms with van der Waals surface area (Å²) in [6, 6.07) is 18.5. The minimum Gasteiger partial charge on any atom is -0.467 e. The molecule has 0 radical (unpaired) electrons. The summed E-state index contributed by atoms with van der Waals surface area (Å²) in [5.74, 6) is -0.119. The minimum absolute atomic E-state index is 0.135. The lowest BCUT2D eigenvalue weighted by atomic mass is 10.1. The number of nitrogens with zero attached hydrogens (tertiary/aromatic N) is 1. The van der Waals surface area contributed by atoms with Crippen LogP contribution in [0.2, 0.25) is 0 Å². The minimum atomic E-state index is -0.687. The van der Waals surface area contributed by atoms with Crippen molar-refractivity contribution in [3.05, 3.63) is 95.7 Å². The average molecular weight is 408 g/mol. The maximum atomic E-state index is 13.3. The van der Waals surface area contributed by atoms with Crippen LogP contribution in [0.3, 0.4) is 0 Å². The van der Waals surface area contributed by atoms with E-state index >= 15 is 0 Å². The fourth-order valence-corrected chi connectivity index (χ4v) is 3.14. The van der Waals surface area contributed by atoms with Crippen LogP contribution < -0.4 is 5.32 Å². The molecule has 6 heteroatoms. The standard InChI is InChI=1S/C24H25FN2O3/c1-18(24(29)26-16-22-8-5-15-30-22)27(17-20-9-12-21(25)13-10-20)23(28)14-11-19-6-3-2-4-7-19/h2-10,12-13,15,18H,11,14,16-17H2,1H3,(H,26,29)/t18-/m1/s1. The van der Waals surface area contributed by atoms with Crippen LogP contribution >= 0.6 is 0 Å². The van der Waals surface area contributed by atoms with Crippen molar-refractivity contribution < 1.29 is 18.4 Å². The molecule has 5 nitrogen and oxygen atoms in total. The molecule has 0 saturated heterocycles. The van der Waals surface area contributed by atoms with E-state index < -0.39 is 6.04 Å². The summed E-state index contributed by atoms with van der Waals surface area (Å²) in [4.78, 5) is 27.3. The molecule has 0 fully saturated rings. The fraction of sp³-hybridized carbons (Fsp3) is 0.250. The van der Waals surface area contributed by atoms with Crippen LogP contribution in [0.5, 0.6) is 0 Å². The van der Waals surface area contributed by atoms with Gasteiger partial charge in [0.25, 0.3) is 0 Å². The van der Waals surface area contributed by atoms with Crippen molar-refractivity contribution in [2.45, 2.75) is 38.9 Å². The van der Waals surface area contributed by atoms with Gasteiger partial charge in [0.15, 0.2) is 0 Å². The fourth-order valence-electron chi connectivity index (χ4n) is 3.14. The van der Waals surface area contributed by atoms with Crippen LogP contribution in [0.1, 0.15) is 30.2 Å². The predicted molar refractivity (Wildman–Crippen MR) is 112 cm³/mol. The molecule has 0 bridgehead atoms. The third-order valence-electron chi connectivity index (χ3n) is 4.92. The molecule has 1 N–H and O–H groups in total. The van der Waals surface area contributed by atoms with Crippen LogP contribution in [0, 0.1) is 5.82 Å². The Kier molecular flexibility index (Phi) is 7.38. The number of carbonyl (C=O) groups is 2. The molecule has 3 aromatic rings. The zero-order valence-electron chi connectivity index (χ0n) is 16.9. The summed E-state index contributed by atoms with van der Waals surface area (Å²) in [7, 11) is 0. The SMILES string of the molecule is C[C@H](C(=O)NCc1ccco1)N(Cc1ccc(F)cc1)C(=O)CCc1ccccc1. The van der Waals surface area contributed by atoms with Crippen molar-refractivity contribution in [3.8, 4) is 0 Å². The molecule has 3 rings (SSSR count). The third kappa shape index (κ3) is 6.04. The molecule has 1 heterocycles. The monoisotopic (exact) mass is 408 g/mol. The summed E-state index contributed by atoms with van der Waals surface area (Å²) >= 11 is 0.